The van der Waals surface area contributed by atoms with Crippen molar-refractivity contribution < 1.29 is 8.83 Å². The number of rotatable bonds is 4. The van der Waals surface area contributed by atoms with Gasteiger partial charge in [0.2, 0.25) is 0 Å². The molecule has 0 amide bonds. The number of fused-ring (bicyclic) bond motifs is 9. The minimum atomic E-state index is -0.377. The van der Waals surface area contributed by atoms with Crippen LogP contribution in [0.15, 0.2) is 183 Å². The van der Waals surface area contributed by atoms with Gasteiger partial charge in [-0.15, -0.1) is 0 Å². The van der Waals surface area contributed by atoms with Gasteiger partial charge in [0.25, 0.3) is 0 Å². The Morgan fingerprint density at radius 2 is 1.08 bits per heavy atom. The molecular weight excluding hydrogens is 639 g/mol. The molecule has 0 fully saturated rings. The van der Waals surface area contributed by atoms with Crippen LogP contribution < -0.4 is 5.32 Å². The monoisotopic (exact) mass is 667 g/mol. The van der Waals surface area contributed by atoms with Crippen LogP contribution in [0, 0.1) is 0 Å². The maximum absolute atomic E-state index is 6.48. The van der Waals surface area contributed by atoms with Crippen molar-refractivity contribution in [2.24, 2.45) is 9.98 Å². The second kappa shape index (κ2) is 11.3. The van der Waals surface area contributed by atoms with Crippen LogP contribution in [0.3, 0.4) is 0 Å². The molecule has 3 heterocycles. The lowest BCUT2D eigenvalue weighted by molar-refractivity contribution is 0.668. The third kappa shape index (κ3) is 4.49. The van der Waals surface area contributed by atoms with Crippen LogP contribution in [0.4, 0.5) is 0 Å². The highest BCUT2D eigenvalue weighted by Gasteiger charge is 2.25. The molecule has 0 spiro atoms. The zero-order chi connectivity index (χ0) is 34.2. The van der Waals surface area contributed by atoms with Gasteiger partial charge in [0, 0.05) is 38.2 Å². The number of hydrogen-bond donors (Lipinski definition) is 1. The van der Waals surface area contributed by atoms with Crippen molar-refractivity contribution in [2.45, 2.75) is 6.17 Å². The Kier molecular flexibility index (Phi) is 6.25. The average Bonchev–Trinajstić information content (AvgIpc) is 3.78. The van der Waals surface area contributed by atoms with E-state index >= 15 is 0 Å². The van der Waals surface area contributed by atoms with E-state index in [1.807, 2.05) is 42.5 Å². The van der Waals surface area contributed by atoms with Crippen molar-refractivity contribution in [3.63, 3.8) is 0 Å². The van der Waals surface area contributed by atoms with Crippen molar-refractivity contribution in [1.29, 1.82) is 0 Å². The molecule has 1 aliphatic heterocycles. The van der Waals surface area contributed by atoms with E-state index in [4.69, 9.17) is 18.8 Å². The van der Waals surface area contributed by atoms with E-state index in [-0.39, 0.29) is 6.17 Å². The largest absolute Gasteiger partial charge is 0.456 e. The minimum absolute atomic E-state index is 0.377. The number of aliphatic imine (C=N–C) groups is 2. The standard InChI is InChI=1S/C47H29N3O2/c1-2-11-28(12-3-1)45-48-46(50-47(49-45)38-27-31-13-4-5-14-32(31)33-15-6-7-16-34(33)38)36-18-10-20-43-44(36)39-26-30(22-24-42(39)52-43)29-21-23-41-37(25-29)35-17-8-9-19-40(35)51-41/h1-27,47H,(H,48,49,50). The first-order valence-electron chi connectivity index (χ1n) is 17.5. The maximum atomic E-state index is 6.48. The van der Waals surface area contributed by atoms with Gasteiger partial charge in [-0.05, 0) is 75.1 Å². The number of hydrogen-bond acceptors (Lipinski definition) is 5. The van der Waals surface area contributed by atoms with Crippen molar-refractivity contribution >= 4 is 77.1 Å². The van der Waals surface area contributed by atoms with E-state index in [2.05, 4.69) is 127 Å². The zero-order valence-corrected chi connectivity index (χ0v) is 27.9. The molecule has 10 aromatic rings. The van der Waals surface area contributed by atoms with Gasteiger partial charge in [0.05, 0.1) is 0 Å². The molecule has 0 aliphatic carbocycles. The van der Waals surface area contributed by atoms with E-state index in [0.717, 1.165) is 82.9 Å². The van der Waals surface area contributed by atoms with Crippen LogP contribution in [0.1, 0.15) is 22.9 Å². The highest BCUT2D eigenvalue weighted by atomic mass is 16.3. The summed E-state index contributed by atoms with van der Waals surface area (Å²) >= 11 is 0. The molecule has 0 saturated carbocycles. The third-order valence-corrected chi connectivity index (χ3v) is 10.3. The fourth-order valence-corrected chi connectivity index (χ4v) is 7.88. The summed E-state index contributed by atoms with van der Waals surface area (Å²) in [6.07, 6.45) is -0.377. The van der Waals surface area contributed by atoms with Gasteiger partial charge in [0.1, 0.15) is 34.3 Å². The molecule has 0 saturated heterocycles. The molecule has 2 aromatic heterocycles. The van der Waals surface area contributed by atoms with Gasteiger partial charge in [-0.25, -0.2) is 9.98 Å². The number of benzene rings is 8. The van der Waals surface area contributed by atoms with Crippen LogP contribution in [0.5, 0.6) is 0 Å². The molecule has 11 rings (SSSR count). The first-order valence-corrected chi connectivity index (χ1v) is 17.5. The quantitative estimate of drug-likeness (QED) is 0.190. The lowest BCUT2D eigenvalue weighted by atomic mass is 9.95. The third-order valence-electron chi connectivity index (χ3n) is 10.3. The van der Waals surface area contributed by atoms with Gasteiger partial charge in [0.15, 0.2) is 5.84 Å². The SMILES string of the molecule is c1ccc(C2=NC(c3cccc4oc5ccc(-c6ccc7oc8ccccc8c7c6)cc5c34)=NC(c3cc4ccccc4c4ccccc34)N2)cc1. The Hall–Kier alpha value is -6.98. The summed E-state index contributed by atoms with van der Waals surface area (Å²) in [5.41, 5.74) is 8.62. The van der Waals surface area contributed by atoms with E-state index in [9.17, 15) is 0 Å². The van der Waals surface area contributed by atoms with Crippen LogP contribution >= 0.6 is 0 Å². The molecule has 52 heavy (non-hydrogen) atoms. The first kappa shape index (κ1) is 28.8. The van der Waals surface area contributed by atoms with Gasteiger partial charge in [-0.3, -0.25) is 0 Å². The number of amidine groups is 2. The van der Waals surface area contributed by atoms with Gasteiger partial charge < -0.3 is 14.2 Å². The predicted molar refractivity (Wildman–Crippen MR) is 213 cm³/mol. The second-order valence-electron chi connectivity index (χ2n) is 13.4. The Labute approximate surface area is 298 Å². The molecule has 1 N–H and O–H groups in total. The summed E-state index contributed by atoms with van der Waals surface area (Å²) in [7, 11) is 0. The lowest BCUT2D eigenvalue weighted by Crippen LogP contribution is -2.33. The summed E-state index contributed by atoms with van der Waals surface area (Å²) in [6, 6.07) is 56.9. The van der Waals surface area contributed by atoms with E-state index in [1.165, 1.54) is 16.2 Å². The molecule has 5 nitrogen and oxygen atoms in total. The van der Waals surface area contributed by atoms with Crippen molar-refractivity contribution in [3.8, 4) is 11.1 Å². The normalized spacial score (nSPS) is 14.7. The summed E-state index contributed by atoms with van der Waals surface area (Å²) in [5.74, 6) is 1.43. The van der Waals surface area contributed by atoms with Crippen LogP contribution in [0.25, 0.3) is 76.5 Å². The fraction of sp³-hybridized carbons (Fsp3) is 0.0213. The first-order chi connectivity index (χ1) is 25.7. The molecular formula is C47H29N3O2. The molecule has 0 bridgehead atoms. The summed E-state index contributed by atoms with van der Waals surface area (Å²) in [6.45, 7) is 0. The second-order valence-corrected chi connectivity index (χ2v) is 13.4. The zero-order valence-electron chi connectivity index (χ0n) is 27.9. The van der Waals surface area contributed by atoms with Gasteiger partial charge in [-0.2, -0.15) is 0 Å². The number of nitrogens with one attached hydrogen (secondary N) is 1. The minimum Gasteiger partial charge on any atom is -0.456 e. The molecule has 0 radical (unpaired) electrons. The molecule has 8 aromatic carbocycles. The Morgan fingerprint density at radius 3 is 1.92 bits per heavy atom. The van der Waals surface area contributed by atoms with Gasteiger partial charge >= 0.3 is 0 Å². The number of furan rings is 2. The Morgan fingerprint density at radius 1 is 0.442 bits per heavy atom. The molecule has 1 unspecified atom stereocenters. The van der Waals surface area contributed by atoms with Crippen molar-refractivity contribution in [3.05, 3.63) is 180 Å². The molecule has 5 heteroatoms. The highest BCUT2D eigenvalue weighted by Crippen LogP contribution is 2.39. The number of para-hydroxylation sites is 1. The summed E-state index contributed by atoms with van der Waals surface area (Å²) < 4.78 is 12.6. The Balaban J connectivity index is 1.11. The number of nitrogens with zero attached hydrogens (tertiary/aromatic N) is 2. The molecule has 244 valence electrons. The Bertz CT molecular complexity index is 3110. The van der Waals surface area contributed by atoms with Crippen LogP contribution in [-0.2, 0) is 0 Å². The maximum Gasteiger partial charge on any atom is 0.160 e. The molecule has 1 atom stereocenters. The van der Waals surface area contributed by atoms with E-state index in [1.54, 1.807) is 0 Å². The van der Waals surface area contributed by atoms with Gasteiger partial charge in [-0.1, -0.05) is 121 Å². The van der Waals surface area contributed by atoms with E-state index in [0.29, 0.717) is 5.84 Å². The van der Waals surface area contributed by atoms with Crippen molar-refractivity contribution in [1.82, 2.24) is 5.32 Å². The summed E-state index contributed by atoms with van der Waals surface area (Å²) in [5, 5.41) is 12.7. The molecule has 1 aliphatic rings. The fourth-order valence-electron chi connectivity index (χ4n) is 7.88. The topological polar surface area (TPSA) is 63.0 Å². The van der Waals surface area contributed by atoms with Crippen LogP contribution in [0.2, 0.25) is 0 Å². The predicted octanol–water partition coefficient (Wildman–Crippen LogP) is 12.0. The highest BCUT2D eigenvalue weighted by molar-refractivity contribution is 6.22. The van der Waals surface area contributed by atoms with Crippen LogP contribution in [-0.4, -0.2) is 11.7 Å². The van der Waals surface area contributed by atoms with E-state index < -0.39 is 0 Å². The van der Waals surface area contributed by atoms with Crippen molar-refractivity contribution in [2.75, 3.05) is 0 Å². The average molecular weight is 668 g/mol. The summed E-state index contributed by atoms with van der Waals surface area (Å²) in [4.78, 5) is 10.6. The lowest BCUT2D eigenvalue weighted by Gasteiger charge is -2.25. The smallest absolute Gasteiger partial charge is 0.160 e.